The van der Waals surface area contributed by atoms with Crippen molar-refractivity contribution < 1.29 is 9.18 Å². The molecule has 1 aromatic rings. The lowest BCUT2D eigenvalue weighted by atomic mass is 9.77. The molecule has 1 amide bonds. The Morgan fingerprint density at radius 3 is 2.95 bits per heavy atom. The molecule has 110 valence electrons. The molecule has 20 heavy (non-hydrogen) atoms. The van der Waals surface area contributed by atoms with Gasteiger partial charge in [0.25, 0.3) is 5.91 Å². The van der Waals surface area contributed by atoms with Crippen LogP contribution in [0.3, 0.4) is 0 Å². The van der Waals surface area contributed by atoms with Gasteiger partial charge in [0, 0.05) is 18.2 Å². The summed E-state index contributed by atoms with van der Waals surface area (Å²) >= 11 is 5.68. The van der Waals surface area contributed by atoms with E-state index in [9.17, 15) is 9.18 Å². The third-order valence-corrected chi connectivity index (χ3v) is 4.27. The Labute approximate surface area is 123 Å². The van der Waals surface area contributed by atoms with Crippen LogP contribution in [0.4, 0.5) is 4.39 Å². The van der Waals surface area contributed by atoms with Gasteiger partial charge in [-0.3, -0.25) is 4.79 Å². The lowest BCUT2D eigenvalue weighted by Gasteiger charge is -2.39. The minimum absolute atomic E-state index is 0.0335. The predicted octanol–water partition coefficient (Wildman–Crippen LogP) is 2.99. The fourth-order valence-electron chi connectivity index (χ4n) is 2.55. The number of piperidine rings is 1. The first-order valence-corrected chi connectivity index (χ1v) is 7.24. The number of carbonyl (C=O) groups excluding carboxylic acids is 1. The Hall–Kier alpha value is -1.13. The van der Waals surface area contributed by atoms with E-state index in [0.717, 1.165) is 19.4 Å². The van der Waals surface area contributed by atoms with E-state index in [1.54, 1.807) is 0 Å². The van der Waals surface area contributed by atoms with Crippen LogP contribution in [-0.4, -0.2) is 25.0 Å². The molecule has 1 aliphatic rings. The van der Waals surface area contributed by atoms with Crippen LogP contribution in [0.15, 0.2) is 18.2 Å². The Kier molecular flexibility index (Phi) is 4.66. The summed E-state index contributed by atoms with van der Waals surface area (Å²) in [6.07, 6.45) is 2.30. The van der Waals surface area contributed by atoms with Gasteiger partial charge in [0.2, 0.25) is 0 Å². The lowest BCUT2D eigenvalue weighted by molar-refractivity contribution is 0.0929. The Morgan fingerprint density at radius 1 is 1.55 bits per heavy atom. The summed E-state index contributed by atoms with van der Waals surface area (Å²) in [7, 11) is 0. The number of rotatable bonds is 3. The summed E-state index contributed by atoms with van der Waals surface area (Å²) in [5.41, 5.74) is 0.538. The van der Waals surface area contributed by atoms with Gasteiger partial charge in [0.15, 0.2) is 0 Å². The van der Waals surface area contributed by atoms with Crippen LogP contribution in [-0.2, 0) is 0 Å². The highest BCUT2D eigenvalue weighted by molar-refractivity contribution is 6.31. The van der Waals surface area contributed by atoms with E-state index in [2.05, 4.69) is 24.5 Å². The number of amides is 1. The van der Waals surface area contributed by atoms with E-state index < -0.39 is 5.82 Å². The molecule has 2 N–H and O–H groups in total. The molecule has 0 saturated carbocycles. The van der Waals surface area contributed by atoms with Crippen molar-refractivity contribution in [3.8, 4) is 0 Å². The molecule has 1 heterocycles. The van der Waals surface area contributed by atoms with Crippen molar-refractivity contribution in [2.75, 3.05) is 13.1 Å². The number of benzene rings is 1. The molecule has 1 aromatic carbocycles. The maximum Gasteiger partial charge on any atom is 0.251 e. The summed E-state index contributed by atoms with van der Waals surface area (Å²) in [6, 6.07) is 4.25. The minimum Gasteiger partial charge on any atom is -0.350 e. The topological polar surface area (TPSA) is 41.1 Å². The second-order valence-electron chi connectivity index (χ2n) is 5.94. The smallest absolute Gasteiger partial charge is 0.251 e. The molecule has 0 bridgehead atoms. The van der Waals surface area contributed by atoms with Gasteiger partial charge < -0.3 is 10.6 Å². The fourth-order valence-corrected chi connectivity index (χ4v) is 2.73. The fraction of sp³-hybridized carbons (Fsp3) is 0.533. The average Bonchev–Trinajstić information content (AvgIpc) is 2.40. The van der Waals surface area contributed by atoms with Crippen molar-refractivity contribution in [2.24, 2.45) is 5.41 Å². The van der Waals surface area contributed by atoms with Crippen molar-refractivity contribution in [3.05, 3.63) is 34.6 Å². The second-order valence-corrected chi connectivity index (χ2v) is 6.34. The lowest BCUT2D eigenvalue weighted by Crippen LogP contribution is -2.52. The van der Waals surface area contributed by atoms with E-state index in [1.165, 1.54) is 18.2 Å². The van der Waals surface area contributed by atoms with Gasteiger partial charge in [-0.05, 0) is 43.0 Å². The second kappa shape index (κ2) is 6.10. The largest absolute Gasteiger partial charge is 0.350 e. The Bertz CT molecular complexity index is 505. The number of halogens is 2. The molecule has 1 atom stereocenters. The number of hydrogen-bond donors (Lipinski definition) is 2. The molecule has 1 unspecified atom stereocenters. The summed E-state index contributed by atoms with van der Waals surface area (Å²) in [4.78, 5) is 12.0. The molecule has 1 aliphatic heterocycles. The maximum atomic E-state index is 13.1. The van der Waals surface area contributed by atoms with E-state index in [0.29, 0.717) is 12.1 Å². The third-order valence-electron chi connectivity index (χ3n) is 3.98. The molecule has 0 aromatic heterocycles. The van der Waals surface area contributed by atoms with Crippen molar-refractivity contribution >= 4 is 17.5 Å². The van der Waals surface area contributed by atoms with Crippen LogP contribution < -0.4 is 10.6 Å². The SMILES string of the molecule is CC1(C)CCCNC1CNC(=O)c1ccc(F)c(Cl)c1. The van der Waals surface area contributed by atoms with Crippen molar-refractivity contribution in [2.45, 2.75) is 32.7 Å². The molecule has 0 aliphatic carbocycles. The summed E-state index contributed by atoms with van der Waals surface area (Å²) in [5.74, 6) is -0.742. The van der Waals surface area contributed by atoms with Crippen molar-refractivity contribution in [1.82, 2.24) is 10.6 Å². The molecular weight excluding hydrogens is 279 g/mol. The zero-order chi connectivity index (χ0) is 14.8. The molecule has 2 rings (SSSR count). The van der Waals surface area contributed by atoms with Gasteiger partial charge in [-0.25, -0.2) is 4.39 Å². The first kappa shape index (κ1) is 15.3. The van der Waals surface area contributed by atoms with Gasteiger partial charge in [-0.15, -0.1) is 0 Å². The van der Waals surface area contributed by atoms with Crippen LogP contribution in [0.2, 0.25) is 5.02 Å². The van der Waals surface area contributed by atoms with E-state index in [1.807, 2.05) is 0 Å². The summed E-state index contributed by atoms with van der Waals surface area (Å²) in [5, 5.41) is 6.29. The van der Waals surface area contributed by atoms with E-state index >= 15 is 0 Å². The predicted molar refractivity (Wildman–Crippen MR) is 78.5 cm³/mol. The highest BCUT2D eigenvalue weighted by Gasteiger charge is 2.31. The van der Waals surface area contributed by atoms with Crippen molar-refractivity contribution in [3.63, 3.8) is 0 Å². The van der Waals surface area contributed by atoms with E-state index in [4.69, 9.17) is 11.6 Å². The number of nitrogens with one attached hydrogen (secondary N) is 2. The van der Waals surface area contributed by atoms with Gasteiger partial charge in [0.05, 0.1) is 5.02 Å². The Morgan fingerprint density at radius 2 is 2.30 bits per heavy atom. The Balaban J connectivity index is 1.96. The standard InChI is InChI=1S/C15H20ClFN2O/c1-15(2)6-3-7-18-13(15)9-19-14(20)10-4-5-12(17)11(16)8-10/h4-5,8,13,18H,3,6-7,9H2,1-2H3,(H,19,20). The minimum atomic E-state index is -0.515. The monoisotopic (exact) mass is 298 g/mol. The van der Waals surface area contributed by atoms with Gasteiger partial charge >= 0.3 is 0 Å². The van der Waals surface area contributed by atoms with Crippen molar-refractivity contribution in [1.29, 1.82) is 0 Å². The number of hydrogen-bond acceptors (Lipinski definition) is 2. The zero-order valence-corrected chi connectivity index (χ0v) is 12.6. The summed E-state index contributed by atoms with van der Waals surface area (Å²) < 4.78 is 13.1. The quantitative estimate of drug-likeness (QED) is 0.901. The molecule has 1 saturated heterocycles. The van der Waals surface area contributed by atoms with Crippen LogP contribution in [0.25, 0.3) is 0 Å². The zero-order valence-electron chi connectivity index (χ0n) is 11.8. The van der Waals surface area contributed by atoms with Crippen LogP contribution in [0.1, 0.15) is 37.0 Å². The molecule has 5 heteroatoms. The average molecular weight is 299 g/mol. The number of carbonyl (C=O) groups is 1. The maximum absolute atomic E-state index is 13.1. The first-order chi connectivity index (χ1) is 9.40. The van der Waals surface area contributed by atoms with Crippen LogP contribution in [0, 0.1) is 11.2 Å². The summed E-state index contributed by atoms with van der Waals surface area (Å²) in [6.45, 7) is 5.93. The molecule has 1 fully saturated rings. The third kappa shape index (κ3) is 3.49. The highest BCUT2D eigenvalue weighted by Crippen LogP contribution is 2.29. The van der Waals surface area contributed by atoms with E-state index in [-0.39, 0.29) is 22.4 Å². The molecule has 0 spiro atoms. The van der Waals surface area contributed by atoms with Gasteiger partial charge in [-0.1, -0.05) is 25.4 Å². The highest BCUT2D eigenvalue weighted by atomic mass is 35.5. The molecular formula is C15H20ClFN2O. The van der Waals surface area contributed by atoms with Crippen LogP contribution >= 0.6 is 11.6 Å². The van der Waals surface area contributed by atoms with Crippen LogP contribution in [0.5, 0.6) is 0 Å². The molecule has 0 radical (unpaired) electrons. The van der Waals surface area contributed by atoms with Gasteiger partial charge in [0.1, 0.15) is 5.82 Å². The van der Waals surface area contributed by atoms with Gasteiger partial charge in [-0.2, -0.15) is 0 Å². The molecule has 3 nitrogen and oxygen atoms in total. The normalized spacial score (nSPS) is 21.5. The first-order valence-electron chi connectivity index (χ1n) is 6.87.